The van der Waals surface area contributed by atoms with E-state index >= 15 is 0 Å². The summed E-state index contributed by atoms with van der Waals surface area (Å²) >= 11 is 0. The summed E-state index contributed by atoms with van der Waals surface area (Å²) in [6.45, 7) is 0. The fourth-order valence-electron chi connectivity index (χ4n) is 2.86. The quantitative estimate of drug-likeness (QED) is 0.770. The lowest BCUT2D eigenvalue weighted by Gasteiger charge is -2.08. The van der Waals surface area contributed by atoms with Crippen molar-refractivity contribution in [3.8, 4) is 11.4 Å². The summed E-state index contributed by atoms with van der Waals surface area (Å²) in [4.78, 5) is 20.9. The van der Waals surface area contributed by atoms with E-state index in [1.807, 2.05) is 48.5 Å². The Morgan fingerprint density at radius 3 is 2.44 bits per heavy atom. The predicted octanol–water partition coefficient (Wildman–Crippen LogP) is 3.21. The van der Waals surface area contributed by atoms with Gasteiger partial charge in [-0.2, -0.15) is 0 Å². The molecule has 5 heteroatoms. The molecule has 1 aromatic heterocycles. The lowest BCUT2D eigenvalue weighted by molar-refractivity contribution is 0.102. The van der Waals surface area contributed by atoms with Crippen LogP contribution in [0.2, 0.25) is 0 Å². The lowest BCUT2D eigenvalue weighted by Crippen LogP contribution is -2.12. The summed E-state index contributed by atoms with van der Waals surface area (Å²) in [5.74, 6) is 0.923. The number of rotatable bonds is 4. The van der Waals surface area contributed by atoms with Crippen molar-refractivity contribution in [3.63, 3.8) is 0 Å². The minimum Gasteiger partial charge on any atom is -0.327 e. The van der Waals surface area contributed by atoms with E-state index in [2.05, 4.69) is 15.3 Å². The van der Waals surface area contributed by atoms with Crippen molar-refractivity contribution in [3.05, 3.63) is 78.1 Å². The zero-order valence-corrected chi connectivity index (χ0v) is 13.6. The van der Waals surface area contributed by atoms with Gasteiger partial charge in [0.15, 0.2) is 5.82 Å². The van der Waals surface area contributed by atoms with E-state index in [4.69, 9.17) is 5.73 Å². The van der Waals surface area contributed by atoms with Gasteiger partial charge in [-0.1, -0.05) is 12.1 Å². The smallest absolute Gasteiger partial charge is 0.255 e. The maximum Gasteiger partial charge on any atom is 0.255 e. The van der Waals surface area contributed by atoms with Crippen molar-refractivity contribution in [1.82, 2.24) is 9.97 Å². The van der Waals surface area contributed by atoms with Gasteiger partial charge in [-0.15, -0.1) is 0 Å². The van der Waals surface area contributed by atoms with Crippen molar-refractivity contribution < 1.29 is 4.79 Å². The molecule has 4 rings (SSSR count). The third-order valence-corrected chi connectivity index (χ3v) is 4.38. The second-order valence-electron chi connectivity index (χ2n) is 6.24. The zero-order valence-electron chi connectivity index (χ0n) is 13.6. The average Bonchev–Trinajstić information content (AvgIpc) is 3.40. The molecule has 1 aliphatic rings. The van der Waals surface area contributed by atoms with Gasteiger partial charge in [-0.3, -0.25) is 4.79 Å². The van der Waals surface area contributed by atoms with Crippen molar-refractivity contribution >= 4 is 11.6 Å². The van der Waals surface area contributed by atoms with Crippen LogP contribution in [-0.4, -0.2) is 21.9 Å². The maximum atomic E-state index is 12.5. The van der Waals surface area contributed by atoms with Gasteiger partial charge < -0.3 is 11.1 Å². The number of nitrogens with two attached hydrogens (primary N) is 1. The second kappa shape index (κ2) is 6.45. The summed E-state index contributed by atoms with van der Waals surface area (Å²) < 4.78 is 0. The van der Waals surface area contributed by atoms with Gasteiger partial charge in [-0.25, -0.2) is 9.97 Å². The molecule has 2 unspecified atom stereocenters. The van der Waals surface area contributed by atoms with Gasteiger partial charge in [-0.05, 0) is 54.4 Å². The van der Waals surface area contributed by atoms with Gasteiger partial charge in [0.2, 0.25) is 0 Å². The maximum absolute atomic E-state index is 12.5. The topological polar surface area (TPSA) is 80.9 Å². The SMILES string of the molecule is NC1CC1c1cccc(C(=O)Nc2ccc(-c3ncccn3)cc2)c1. The number of carbonyl (C=O) groups excluding carboxylic acids is 1. The van der Waals surface area contributed by atoms with Crippen LogP contribution < -0.4 is 11.1 Å². The molecule has 1 heterocycles. The van der Waals surface area contributed by atoms with Crippen molar-refractivity contribution in [2.45, 2.75) is 18.4 Å². The van der Waals surface area contributed by atoms with Crippen LogP contribution in [0.5, 0.6) is 0 Å². The van der Waals surface area contributed by atoms with Crippen LogP contribution in [0.1, 0.15) is 28.3 Å². The van der Waals surface area contributed by atoms with Crippen molar-refractivity contribution in [2.75, 3.05) is 5.32 Å². The molecule has 3 aromatic rings. The van der Waals surface area contributed by atoms with Gasteiger partial charge in [0, 0.05) is 41.2 Å². The van der Waals surface area contributed by atoms with Crippen LogP contribution in [0.3, 0.4) is 0 Å². The van der Waals surface area contributed by atoms with Crippen LogP contribution in [-0.2, 0) is 0 Å². The molecule has 0 aliphatic heterocycles. The molecule has 0 bridgehead atoms. The normalized spacial score (nSPS) is 18.6. The highest BCUT2D eigenvalue weighted by Gasteiger charge is 2.34. The fraction of sp³-hybridized carbons (Fsp3) is 0.150. The van der Waals surface area contributed by atoms with Crippen molar-refractivity contribution in [1.29, 1.82) is 0 Å². The largest absolute Gasteiger partial charge is 0.327 e. The number of nitrogens with zero attached hydrogens (tertiary/aromatic N) is 2. The number of hydrogen-bond donors (Lipinski definition) is 2. The monoisotopic (exact) mass is 330 g/mol. The molecule has 1 fully saturated rings. The molecule has 2 aromatic carbocycles. The first-order chi connectivity index (χ1) is 12.2. The minimum atomic E-state index is -0.125. The molecule has 25 heavy (non-hydrogen) atoms. The summed E-state index contributed by atoms with van der Waals surface area (Å²) in [7, 11) is 0. The molecule has 2 atom stereocenters. The molecule has 124 valence electrons. The van der Waals surface area contributed by atoms with Crippen LogP contribution in [0.15, 0.2) is 67.0 Å². The first-order valence-electron chi connectivity index (χ1n) is 8.25. The highest BCUT2D eigenvalue weighted by atomic mass is 16.1. The number of amides is 1. The number of benzene rings is 2. The van der Waals surface area contributed by atoms with Gasteiger partial charge >= 0.3 is 0 Å². The van der Waals surface area contributed by atoms with E-state index in [1.54, 1.807) is 18.5 Å². The Kier molecular flexibility index (Phi) is 3.99. The highest BCUT2D eigenvalue weighted by Crippen LogP contribution is 2.39. The number of anilines is 1. The van der Waals surface area contributed by atoms with Gasteiger partial charge in [0.05, 0.1) is 0 Å². The molecule has 1 saturated carbocycles. The average molecular weight is 330 g/mol. The molecule has 5 nitrogen and oxygen atoms in total. The van der Waals surface area contributed by atoms with Gasteiger partial charge in [0.1, 0.15) is 0 Å². The Labute approximate surface area is 145 Å². The van der Waals surface area contributed by atoms with E-state index in [0.29, 0.717) is 17.3 Å². The van der Waals surface area contributed by atoms with Gasteiger partial charge in [0.25, 0.3) is 5.91 Å². The molecule has 1 aliphatic carbocycles. The lowest BCUT2D eigenvalue weighted by atomic mass is 10.1. The molecular weight excluding hydrogens is 312 g/mol. The molecule has 3 N–H and O–H groups in total. The third kappa shape index (κ3) is 3.41. The molecular formula is C20H18N4O. The van der Waals surface area contributed by atoms with Crippen LogP contribution in [0.4, 0.5) is 5.69 Å². The number of hydrogen-bond acceptors (Lipinski definition) is 4. The van der Waals surface area contributed by atoms with E-state index in [1.165, 1.54) is 0 Å². The third-order valence-electron chi connectivity index (χ3n) is 4.38. The van der Waals surface area contributed by atoms with E-state index < -0.39 is 0 Å². The van der Waals surface area contributed by atoms with E-state index in [-0.39, 0.29) is 11.9 Å². The molecule has 0 saturated heterocycles. The van der Waals surface area contributed by atoms with E-state index in [9.17, 15) is 4.79 Å². The minimum absolute atomic E-state index is 0.125. The Morgan fingerprint density at radius 2 is 1.76 bits per heavy atom. The highest BCUT2D eigenvalue weighted by molar-refractivity contribution is 6.04. The summed E-state index contributed by atoms with van der Waals surface area (Å²) in [5.41, 5.74) is 9.32. The van der Waals surface area contributed by atoms with Crippen LogP contribution in [0, 0.1) is 0 Å². The summed E-state index contributed by atoms with van der Waals surface area (Å²) in [6.07, 6.45) is 4.40. The standard InChI is InChI=1S/C20H18N4O/c21-18-12-17(18)14-3-1-4-15(11-14)20(25)24-16-7-5-13(6-8-16)19-22-9-2-10-23-19/h1-11,17-18H,12,21H2,(H,24,25). The number of carbonyl (C=O) groups is 1. The Bertz CT molecular complexity index is 893. The second-order valence-corrected chi connectivity index (χ2v) is 6.24. The van der Waals surface area contributed by atoms with E-state index in [0.717, 1.165) is 23.2 Å². The summed E-state index contributed by atoms with van der Waals surface area (Å²) in [6, 6.07) is 17.2. The Morgan fingerprint density at radius 1 is 1.04 bits per heavy atom. The first kappa shape index (κ1) is 15.5. The Hall–Kier alpha value is -3.05. The van der Waals surface area contributed by atoms with Crippen LogP contribution >= 0.6 is 0 Å². The zero-order chi connectivity index (χ0) is 17.2. The fourth-order valence-corrected chi connectivity index (χ4v) is 2.86. The number of nitrogens with one attached hydrogen (secondary N) is 1. The molecule has 0 spiro atoms. The number of aromatic nitrogens is 2. The van der Waals surface area contributed by atoms with Crippen LogP contribution in [0.25, 0.3) is 11.4 Å². The predicted molar refractivity (Wildman–Crippen MR) is 97.2 cm³/mol. The Balaban J connectivity index is 1.48. The summed E-state index contributed by atoms with van der Waals surface area (Å²) in [5, 5.41) is 2.92. The molecule has 0 radical (unpaired) electrons. The first-order valence-corrected chi connectivity index (χ1v) is 8.25. The molecule has 1 amide bonds. The van der Waals surface area contributed by atoms with Crippen molar-refractivity contribution in [2.24, 2.45) is 5.73 Å².